The summed E-state index contributed by atoms with van der Waals surface area (Å²) < 4.78 is 0. The Morgan fingerprint density at radius 2 is 2.00 bits per heavy atom. The molecule has 76 valence electrons. The van der Waals surface area contributed by atoms with E-state index in [0.717, 1.165) is 31.2 Å². The summed E-state index contributed by atoms with van der Waals surface area (Å²) in [7, 11) is 0. The summed E-state index contributed by atoms with van der Waals surface area (Å²) in [5.74, 6) is 0. The topological polar surface area (TPSA) is 20.2 Å². The molecule has 1 saturated carbocycles. The highest BCUT2D eigenvalue weighted by molar-refractivity contribution is 6.35. The van der Waals surface area contributed by atoms with Crippen LogP contribution in [0.4, 0.5) is 0 Å². The Morgan fingerprint density at radius 1 is 1.29 bits per heavy atom. The maximum Gasteiger partial charge on any atom is 0.0653 e. The van der Waals surface area contributed by atoms with Gasteiger partial charge >= 0.3 is 0 Å². The van der Waals surface area contributed by atoms with Gasteiger partial charge in [0.15, 0.2) is 0 Å². The molecular formula is C11H12Cl2O. The van der Waals surface area contributed by atoms with Gasteiger partial charge in [0.05, 0.1) is 5.60 Å². The van der Waals surface area contributed by atoms with Crippen LogP contribution < -0.4 is 0 Å². The Balaban J connectivity index is 2.02. The fraction of sp³-hybridized carbons (Fsp3) is 0.455. The molecule has 14 heavy (non-hydrogen) atoms. The summed E-state index contributed by atoms with van der Waals surface area (Å²) in [6, 6.07) is 5.51. The summed E-state index contributed by atoms with van der Waals surface area (Å²) in [5, 5.41) is 11.0. The lowest BCUT2D eigenvalue weighted by Crippen LogP contribution is -2.07. The second-order valence-corrected chi connectivity index (χ2v) is 4.80. The van der Waals surface area contributed by atoms with Crippen LogP contribution in [0.2, 0.25) is 10.0 Å². The molecule has 0 radical (unpaired) electrons. The Hall–Kier alpha value is -0.240. The van der Waals surface area contributed by atoms with Crippen LogP contribution in [-0.4, -0.2) is 10.7 Å². The minimum absolute atomic E-state index is 0.400. The van der Waals surface area contributed by atoms with Crippen LogP contribution in [0.5, 0.6) is 0 Å². The van der Waals surface area contributed by atoms with E-state index in [1.165, 1.54) is 0 Å². The Kier molecular flexibility index (Phi) is 2.74. The van der Waals surface area contributed by atoms with E-state index in [-0.39, 0.29) is 0 Å². The van der Waals surface area contributed by atoms with Gasteiger partial charge in [-0.25, -0.2) is 0 Å². The van der Waals surface area contributed by atoms with E-state index in [4.69, 9.17) is 23.2 Å². The molecule has 1 aliphatic carbocycles. The van der Waals surface area contributed by atoms with E-state index in [1.54, 1.807) is 6.07 Å². The molecule has 3 heteroatoms. The van der Waals surface area contributed by atoms with E-state index in [9.17, 15) is 5.11 Å². The molecule has 0 heterocycles. The molecule has 1 aromatic rings. The van der Waals surface area contributed by atoms with Crippen LogP contribution in [0, 0.1) is 0 Å². The van der Waals surface area contributed by atoms with Crippen molar-refractivity contribution in [2.24, 2.45) is 0 Å². The first-order chi connectivity index (χ1) is 6.59. The van der Waals surface area contributed by atoms with Crippen LogP contribution in [0.15, 0.2) is 18.2 Å². The minimum Gasteiger partial charge on any atom is -0.390 e. The average Bonchev–Trinajstić information content (AvgIpc) is 2.83. The third-order valence-corrected chi connectivity index (χ3v) is 3.29. The molecule has 1 aliphatic rings. The van der Waals surface area contributed by atoms with Crippen molar-refractivity contribution in [3.8, 4) is 0 Å². The Bertz CT molecular complexity index is 345. The molecule has 0 amide bonds. The van der Waals surface area contributed by atoms with Gasteiger partial charge in [-0.2, -0.15) is 0 Å². The van der Waals surface area contributed by atoms with Crippen LogP contribution >= 0.6 is 23.2 Å². The lowest BCUT2D eigenvalue weighted by atomic mass is 10.1. The Labute approximate surface area is 93.7 Å². The molecule has 0 atom stereocenters. The number of halogens is 2. The van der Waals surface area contributed by atoms with E-state index in [0.29, 0.717) is 10.0 Å². The predicted molar refractivity (Wildman–Crippen MR) is 59.0 cm³/mol. The van der Waals surface area contributed by atoms with Gasteiger partial charge in [-0.15, -0.1) is 0 Å². The fourth-order valence-corrected chi connectivity index (χ4v) is 1.99. The molecule has 0 aliphatic heterocycles. The molecule has 2 rings (SSSR count). The SMILES string of the molecule is OC1(CCc2ccc(Cl)cc2Cl)CC1. The second-order valence-electron chi connectivity index (χ2n) is 3.96. The summed E-state index contributed by atoms with van der Waals surface area (Å²) in [5.41, 5.74) is 0.666. The minimum atomic E-state index is -0.400. The van der Waals surface area contributed by atoms with Crippen LogP contribution in [0.25, 0.3) is 0 Å². The second kappa shape index (κ2) is 3.73. The van der Waals surface area contributed by atoms with Crippen molar-refractivity contribution in [2.45, 2.75) is 31.3 Å². The highest BCUT2D eigenvalue weighted by Crippen LogP contribution is 2.39. The highest BCUT2D eigenvalue weighted by atomic mass is 35.5. The number of benzene rings is 1. The normalized spacial score (nSPS) is 18.2. The van der Waals surface area contributed by atoms with E-state index in [2.05, 4.69) is 0 Å². The summed E-state index contributed by atoms with van der Waals surface area (Å²) in [6.07, 6.45) is 3.48. The van der Waals surface area contributed by atoms with Gasteiger partial charge in [-0.05, 0) is 43.4 Å². The molecule has 0 saturated heterocycles. The first-order valence-corrected chi connectivity index (χ1v) is 5.51. The maximum atomic E-state index is 9.67. The number of hydrogen-bond donors (Lipinski definition) is 1. The summed E-state index contributed by atoms with van der Waals surface area (Å²) >= 11 is 11.8. The molecule has 0 unspecified atom stereocenters. The summed E-state index contributed by atoms with van der Waals surface area (Å²) in [4.78, 5) is 0. The number of aliphatic hydroxyl groups is 1. The van der Waals surface area contributed by atoms with Crippen molar-refractivity contribution < 1.29 is 5.11 Å². The molecule has 0 spiro atoms. The zero-order chi connectivity index (χ0) is 10.2. The van der Waals surface area contributed by atoms with Gasteiger partial charge in [0.2, 0.25) is 0 Å². The van der Waals surface area contributed by atoms with Crippen molar-refractivity contribution in [3.63, 3.8) is 0 Å². The standard InChI is InChI=1S/C11H12Cl2O/c12-9-2-1-8(10(13)7-9)3-4-11(14)5-6-11/h1-2,7,14H,3-6H2. The molecule has 1 aromatic carbocycles. The monoisotopic (exact) mass is 230 g/mol. The van der Waals surface area contributed by atoms with Gasteiger partial charge in [0.25, 0.3) is 0 Å². The number of aryl methyl sites for hydroxylation is 1. The lowest BCUT2D eigenvalue weighted by molar-refractivity contribution is 0.140. The van der Waals surface area contributed by atoms with Crippen LogP contribution in [0.3, 0.4) is 0 Å². The Morgan fingerprint density at radius 3 is 2.57 bits per heavy atom. The maximum absolute atomic E-state index is 9.67. The van der Waals surface area contributed by atoms with Crippen molar-refractivity contribution in [2.75, 3.05) is 0 Å². The molecule has 0 aromatic heterocycles. The van der Waals surface area contributed by atoms with Gasteiger partial charge in [-0.3, -0.25) is 0 Å². The van der Waals surface area contributed by atoms with Gasteiger partial charge in [0, 0.05) is 10.0 Å². The number of rotatable bonds is 3. The molecule has 1 fully saturated rings. The first-order valence-electron chi connectivity index (χ1n) is 4.75. The van der Waals surface area contributed by atoms with E-state index < -0.39 is 5.60 Å². The molecule has 1 N–H and O–H groups in total. The van der Waals surface area contributed by atoms with Gasteiger partial charge in [-0.1, -0.05) is 29.3 Å². The zero-order valence-electron chi connectivity index (χ0n) is 7.76. The van der Waals surface area contributed by atoms with Crippen LogP contribution in [0.1, 0.15) is 24.8 Å². The molecule has 1 nitrogen and oxygen atoms in total. The first kappa shape index (κ1) is 10.3. The van der Waals surface area contributed by atoms with Gasteiger partial charge in [0.1, 0.15) is 0 Å². The third kappa shape index (κ3) is 2.41. The van der Waals surface area contributed by atoms with E-state index >= 15 is 0 Å². The average molecular weight is 231 g/mol. The quantitative estimate of drug-likeness (QED) is 0.844. The van der Waals surface area contributed by atoms with Crippen molar-refractivity contribution in [1.29, 1.82) is 0 Å². The molecular weight excluding hydrogens is 219 g/mol. The largest absolute Gasteiger partial charge is 0.390 e. The molecule has 0 bridgehead atoms. The number of hydrogen-bond acceptors (Lipinski definition) is 1. The van der Waals surface area contributed by atoms with Crippen LogP contribution in [-0.2, 0) is 6.42 Å². The highest BCUT2D eigenvalue weighted by Gasteiger charge is 2.39. The smallest absolute Gasteiger partial charge is 0.0653 e. The zero-order valence-corrected chi connectivity index (χ0v) is 9.28. The van der Waals surface area contributed by atoms with Gasteiger partial charge < -0.3 is 5.11 Å². The van der Waals surface area contributed by atoms with Crippen molar-refractivity contribution in [3.05, 3.63) is 33.8 Å². The van der Waals surface area contributed by atoms with Crippen molar-refractivity contribution in [1.82, 2.24) is 0 Å². The predicted octanol–water partition coefficient (Wildman–Crippen LogP) is 3.45. The lowest BCUT2D eigenvalue weighted by Gasteiger charge is -2.08. The van der Waals surface area contributed by atoms with Crippen molar-refractivity contribution >= 4 is 23.2 Å². The fourth-order valence-electron chi connectivity index (χ4n) is 1.49. The third-order valence-electron chi connectivity index (χ3n) is 2.70. The van der Waals surface area contributed by atoms with E-state index in [1.807, 2.05) is 12.1 Å². The summed E-state index contributed by atoms with van der Waals surface area (Å²) in [6.45, 7) is 0.